The van der Waals surface area contributed by atoms with Crippen molar-refractivity contribution < 1.29 is 0 Å². The van der Waals surface area contributed by atoms with E-state index in [9.17, 15) is 0 Å². The first-order valence-corrected chi connectivity index (χ1v) is 4.75. The van der Waals surface area contributed by atoms with Crippen molar-refractivity contribution in [1.82, 2.24) is 0 Å². The van der Waals surface area contributed by atoms with Gasteiger partial charge >= 0.3 is 0 Å². The van der Waals surface area contributed by atoms with E-state index in [4.69, 9.17) is 0 Å². The van der Waals surface area contributed by atoms with Gasteiger partial charge < -0.3 is 0 Å². The molecule has 10 heavy (non-hydrogen) atoms. The lowest BCUT2D eigenvalue weighted by molar-refractivity contribution is 0.469. The van der Waals surface area contributed by atoms with Crippen molar-refractivity contribution in [2.75, 3.05) is 0 Å². The van der Waals surface area contributed by atoms with Crippen molar-refractivity contribution in [2.24, 2.45) is 17.8 Å². The molecular weight excluding hydrogens is 120 g/mol. The maximum atomic E-state index is 2.37. The van der Waals surface area contributed by atoms with Crippen LogP contribution in [0.5, 0.6) is 0 Å². The molecule has 0 heterocycles. The molecule has 3 unspecified atom stereocenters. The molecular formula is C10H22. The van der Waals surface area contributed by atoms with Crippen LogP contribution in [0.4, 0.5) is 0 Å². The van der Waals surface area contributed by atoms with E-state index in [-0.39, 0.29) is 0 Å². The average molecular weight is 142 g/mol. The van der Waals surface area contributed by atoms with E-state index in [1.54, 1.807) is 0 Å². The highest BCUT2D eigenvalue weighted by molar-refractivity contribution is 4.85. The molecule has 0 heteroatoms. The smallest absolute Gasteiger partial charge is 0.0360 e. The molecule has 0 bridgehead atoms. The highest BCUT2D eigenvalue weighted by Gasteiger charge is 2.35. The van der Waals surface area contributed by atoms with Crippen LogP contribution < -0.4 is 0 Å². The summed E-state index contributed by atoms with van der Waals surface area (Å²) in [5, 5.41) is 0. The summed E-state index contributed by atoms with van der Waals surface area (Å²) in [4.78, 5) is 0. The largest absolute Gasteiger partial charge is 0.0683 e. The highest BCUT2D eigenvalue weighted by Crippen LogP contribution is 2.44. The molecule has 1 saturated carbocycles. The number of rotatable bonds is 2. The molecule has 0 nitrogen and oxygen atoms in total. The third-order valence-corrected chi connectivity index (χ3v) is 2.55. The summed E-state index contributed by atoms with van der Waals surface area (Å²) < 4.78 is 0. The van der Waals surface area contributed by atoms with E-state index in [1.807, 2.05) is 13.8 Å². The van der Waals surface area contributed by atoms with Gasteiger partial charge in [0, 0.05) is 0 Å². The van der Waals surface area contributed by atoms with Crippen LogP contribution in [0, 0.1) is 17.8 Å². The molecule has 1 aliphatic carbocycles. The van der Waals surface area contributed by atoms with Crippen LogP contribution in [0.1, 0.15) is 47.5 Å². The Hall–Kier alpha value is 0. The Labute approximate surface area is 66.0 Å². The molecule has 0 aromatic heterocycles. The second kappa shape index (κ2) is 4.76. The van der Waals surface area contributed by atoms with Crippen LogP contribution in [-0.4, -0.2) is 0 Å². The van der Waals surface area contributed by atoms with Gasteiger partial charge in [0.15, 0.2) is 0 Å². The highest BCUT2D eigenvalue weighted by atomic mass is 14.4. The summed E-state index contributed by atoms with van der Waals surface area (Å²) in [7, 11) is 0. The Balaban J connectivity index is 0.000000371. The van der Waals surface area contributed by atoms with Crippen molar-refractivity contribution in [3.8, 4) is 0 Å². The Kier molecular flexibility index (Phi) is 4.76. The third kappa shape index (κ3) is 2.72. The molecule has 1 rings (SSSR count). The minimum absolute atomic E-state index is 0.991. The second-order valence-corrected chi connectivity index (χ2v) is 3.26. The predicted octanol–water partition coefficient (Wildman–Crippen LogP) is 3.71. The molecule has 0 amide bonds. The monoisotopic (exact) mass is 142 g/mol. The molecule has 0 aliphatic heterocycles. The van der Waals surface area contributed by atoms with Gasteiger partial charge in [-0.25, -0.2) is 0 Å². The molecule has 0 radical (unpaired) electrons. The second-order valence-electron chi connectivity index (χ2n) is 3.26. The summed E-state index contributed by atoms with van der Waals surface area (Å²) in [6.07, 6.45) is 2.87. The average Bonchev–Trinajstić information content (AvgIpc) is 2.70. The standard InChI is InChI=1S/C8H16.C2H6/c1-4-6(2)8-5-7(8)3;1-2/h6-8H,4-5H2,1-3H3;1-2H3. The van der Waals surface area contributed by atoms with E-state index in [1.165, 1.54) is 12.8 Å². The zero-order chi connectivity index (χ0) is 8.15. The van der Waals surface area contributed by atoms with Crippen LogP contribution in [0.25, 0.3) is 0 Å². The molecule has 0 spiro atoms. The first-order valence-electron chi connectivity index (χ1n) is 4.75. The Morgan fingerprint density at radius 2 is 1.80 bits per heavy atom. The van der Waals surface area contributed by atoms with Crippen LogP contribution in [0.15, 0.2) is 0 Å². The van der Waals surface area contributed by atoms with Gasteiger partial charge in [0.2, 0.25) is 0 Å². The van der Waals surface area contributed by atoms with Crippen molar-refractivity contribution in [3.05, 3.63) is 0 Å². The van der Waals surface area contributed by atoms with Crippen molar-refractivity contribution in [1.29, 1.82) is 0 Å². The first-order chi connectivity index (χ1) is 4.75. The topological polar surface area (TPSA) is 0 Å². The van der Waals surface area contributed by atoms with Gasteiger partial charge in [-0.1, -0.05) is 41.0 Å². The van der Waals surface area contributed by atoms with Crippen molar-refractivity contribution in [2.45, 2.75) is 47.5 Å². The quantitative estimate of drug-likeness (QED) is 0.551. The molecule has 3 atom stereocenters. The van der Waals surface area contributed by atoms with E-state index in [0.717, 1.165) is 17.8 Å². The molecule has 0 aromatic carbocycles. The van der Waals surface area contributed by atoms with E-state index in [0.29, 0.717) is 0 Å². The zero-order valence-corrected chi connectivity index (χ0v) is 8.15. The summed E-state index contributed by atoms with van der Waals surface area (Å²) >= 11 is 0. The fraction of sp³-hybridized carbons (Fsp3) is 1.00. The maximum Gasteiger partial charge on any atom is -0.0360 e. The SMILES string of the molecule is CC.CCC(C)C1CC1C. The lowest BCUT2D eigenvalue weighted by Crippen LogP contribution is -1.94. The molecule has 0 saturated heterocycles. The van der Waals surface area contributed by atoms with Crippen LogP contribution in [-0.2, 0) is 0 Å². The van der Waals surface area contributed by atoms with E-state index >= 15 is 0 Å². The fourth-order valence-electron chi connectivity index (χ4n) is 1.45. The van der Waals surface area contributed by atoms with Gasteiger partial charge in [0.1, 0.15) is 0 Å². The maximum absolute atomic E-state index is 2.37. The summed E-state index contributed by atoms with van der Waals surface area (Å²) in [6, 6.07) is 0. The molecule has 0 aromatic rings. The molecule has 1 aliphatic rings. The van der Waals surface area contributed by atoms with Crippen LogP contribution in [0.3, 0.4) is 0 Å². The van der Waals surface area contributed by atoms with Crippen LogP contribution >= 0.6 is 0 Å². The molecule has 62 valence electrons. The van der Waals surface area contributed by atoms with Crippen molar-refractivity contribution in [3.63, 3.8) is 0 Å². The zero-order valence-electron chi connectivity index (χ0n) is 8.15. The number of hydrogen-bond donors (Lipinski definition) is 0. The van der Waals surface area contributed by atoms with Gasteiger partial charge in [-0.2, -0.15) is 0 Å². The molecule has 1 fully saturated rings. The summed E-state index contributed by atoms with van der Waals surface area (Å²) in [5.41, 5.74) is 0. The van der Waals surface area contributed by atoms with Crippen molar-refractivity contribution >= 4 is 0 Å². The van der Waals surface area contributed by atoms with E-state index < -0.39 is 0 Å². The Morgan fingerprint density at radius 1 is 1.40 bits per heavy atom. The predicted molar refractivity (Wildman–Crippen MR) is 48.1 cm³/mol. The lowest BCUT2D eigenvalue weighted by Gasteiger charge is -2.03. The summed E-state index contributed by atoms with van der Waals surface area (Å²) in [5.74, 6) is 3.12. The van der Waals surface area contributed by atoms with Gasteiger partial charge in [0.25, 0.3) is 0 Å². The van der Waals surface area contributed by atoms with Gasteiger partial charge in [-0.05, 0) is 24.2 Å². The number of hydrogen-bond acceptors (Lipinski definition) is 0. The Bertz CT molecular complexity index is 74.1. The normalized spacial score (nSPS) is 32.1. The Morgan fingerprint density at radius 3 is 1.90 bits per heavy atom. The third-order valence-electron chi connectivity index (χ3n) is 2.55. The lowest BCUT2D eigenvalue weighted by atomic mass is 10.0. The van der Waals surface area contributed by atoms with E-state index in [2.05, 4.69) is 20.8 Å². The van der Waals surface area contributed by atoms with Gasteiger partial charge in [-0.15, -0.1) is 0 Å². The minimum Gasteiger partial charge on any atom is -0.0683 e. The van der Waals surface area contributed by atoms with Gasteiger partial charge in [-0.3, -0.25) is 0 Å². The first kappa shape index (κ1) is 10.0. The van der Waals surface area contributed by atoms with Crippen LogP contribution in [0.2, 0.25) is 0 Å². The van der Waals surface area contributed by atoms with Gasteiger partial charge in [0.05, 0.1) is 0 Å². The summed E-state index contributed by atoms with van der Waals surface area (Å²) in [6.45, 7) is 11.0. The fourth-order valence-corrected chi connectivity index (χ4v) is 1.45. The minimum atomic E-state index is 0.991. The molecule has 0 N–H and O–H groups in total.